The van der Waals surface area contributed by atoms with Crippen molar-refractivity contribution < 1.29 is 9.59 Å². The lowest BCUT2D eigenvalue weighted by molar-refractivity contribution is 0.0947. The van der Waals surface area contributed by atoms with E-state index < -0.39 is 0 Å². The summed E-state index contributed by atoms with van der Waals surface area (Å²) in [5, 5.41) is 9.11. The van der Waals surface area contributed by atoms with Gasteiger partial charge in [-0.25, -0.2) is 9.97 Å². The molecular weight excluding hydrogens is 452 g/mol. The fraction of sp³-hybridized carbons (Fsp3) is 0.286. The zero-order chi connectivity index (χ0) is 25.2. The van der Waals surface area contributed by atoms with Gasteiger partial charge in [0.2, 0.25) is 0 Å². The minimum Gasteiger partial charge on any atom is -0.367 e. The van der Waals surface area contributed by atoms with E-state index >= 15 is 0 Å². The van der Waals surface area contributed by atoms with Gasteiger partial charge >= 0.3 is 0 Å². The van der Waals surface area contributed by atoms with Crippen LogP contribution in [0.2, 0.25) is 0 Å². The molecule has 2 heterocycles. The smallest absolute Gasteiger partial charge is 0.251 e. The number of hydrogen-bond donors (Lipinski definition) is 3. The molecule has 2 aromatic carbocycles. The molecule has 3 N–H and O–H groups in total. The van der Waals surface area contributed by atoms with E-state index in [1.54, 1.807) is 19.2 Å². The number of hydrogen-bond acceptors (Lipinski definition) is 5. The van der Waals surface area contributed by atoms with E-state index in [0.717, 1.165) is 47.5 Å². The lowest BCUT2D eigenvalue weighted by atomic mass is 10.1. The topological polar surface area (TPSA) is 100 Å². The molecule has 0 spiro atoms. The van der Waals surface area contributed by atoms with Gasteiger partial charge in [0.05, 0.1) is 17.6 Å². The monoisotopic (exact) mass is 482 g/mol. The van der Waals surface area contributed by atoms with Crippen LogP contribution in [-0.2, 0) is 0 Å². The van der Waals surface area contributed by atoms with Gasteiger partial charge in [-0.05, 0) is 43.0 Å². The van der Waals surface area contributed by atoms with Crippen molar-refractivity contribution in [3.8, 4) is 22.5 Å². The van der Waals surface area contributed by atoms with Gasteiger partial charge in [-0.3, -0.25) is 14.0 Å². The number of carbonyl (C=O) groups excluding carboxylic acids is 2. The van der Waals surface area contributed by atoms with E-state index in [-0.39, 0.29) is 11.8 Å². The van der Waals surface area contributed by atoms with Gasteiger partial charge in [0.15, 0.2) is 11.5 Å². The number of rotatable bonds is 8. The summed E-state index contributed by atoms with van der Waals surface area (Å²) in [6.07, 6.45) is 5.91. The zero-order valence-corrected chi connectivity index (χ0v) is 20.7. The highest BCUT2D eigenvalue weighted by atomic mass is 16.2. The molecule has 8 nitrogen and oxygen atoms in total. The summed E-state index contributed by atoms with van der Waals surface area (Å²) in [4.78, 5) is 33.9. The van der Waals surface area contributed by atoms with Crippen LogP contribution < -0.4 is 16.0 Å². The molecule has 1 aliphatic rings. The Balaban J connectivity index is 1.53. The summed E-state index contributed by atoms with van der Waals surface area (Å²) in [5.41, 5.74) is 5.48. The second-order valence-electron chi connectivity index (χ2n) is 9.57. The summed E-state index contributed by atoms with van der Waals surface area (Å²) >= 11 is 0. The van der Waals surface area contributed by atoms with Crippen molar-refractivity contribution in [1.29, 1.82) is 0 Å². The van der Waals surface area contributed by atoms with Crippen LogP contribution in [0.15, 0.2) is 60.9 Å². The first-order chi connectivity index (χ1) is 17.4. The van der Waals surface area contributed by atoms with Crippen LogP contribution in [0, 0.1) is 5.92 Å². The molecule has 4 aromatic rings. The molecular formula is C28H30N6O2. The summed E-state index contributed by atoms with van der Waals surface area (Å²) in [6.45, 7) is 5.04. The first-order valence-electron chi connectivity index (χ1n) is 12.3. The van der Waals surface area contributed by atoms with Crippen molar-refractivity contribution in [2.75, 3.05) is 18.9 Å². The highest BCUT2D eigenvalue weighted by molar-refractivity contribution is 5.95. The number of carbonyl (C=O) groups is 2. The van der Waals surface area contributed by atoms with Crippen molar-refractivity contribution >= 4 is 23.3 Å². The Morgan fingerprint density at radius 1 is 0.972 bits per heavy atom. The molecule has 2 aromatic heterocycles. The summed E-state index contributed by atoms with van der Waals surface area (Å²) in [6, 6.07) is 15.3. The van der Waals surface area contributed by atoms with E-state index in [0.29, 0.717) is 28.9 Å². The zero-order valence-electron chi connectivity index (χ0n) is 20.7. The minimum absolute atomic E-state index is 0.0333. The Bertz CT molecular complexity index is 1400. The average Bonchev–Trinajstić information content (AvgIpc) is 3.61. The number of nitrogens with zero attached hydrogens (tertiary/aromatic N) is 3. The number of nitrogens with one attached hydrogen (secondary N) is 3. The van der Waals surface area contributed by atoms with Crippen molar-refractivity contribution in [3.05, 3.63) is 72.1 Å². The van der Waals surface area contributed by atoms with Crippen molar-refractivity contribution in [2.24, 2.45) is 5.92 Å². The van der Waals surface area contributed by atoms with Crippen LogP contribution in [0.1, 0.15) is 47.4 Å². The number of aromatic nitrogens is 3. The van der Waals surface area contributed by atoms with Gasteiger partial charge in [0.25, 0.3) is 11.8 Å². The maximum atomic E-state index is 12.4. The van der Waals surface area contributed by atoms with E-state index in [9.17, 15) is 9.59 Å². The van der Waals surface area contributed by atoms with Gasteiger partial charge in [0, 0.05) is 48.1 Å². The second kappa shape index (κ2) is 9.81. The Morgan fingerprint density at radius 2 is 1.61 bits per heavy atom. The fourth-order valence-electron chi connectivity index (χ4n) is 3.99. The van der Waals surface area contributed by atoms with Crippen molar-refractivity contribution in [3.63, 3.8) is 0 Å². The molecule has 5 rings (SSSR count). The Labute approximate surface area is 210 Å². The quantitative estimate of drug-likeness (QED) is 0.346. The Hall–Kier alpha value is -4.20. The van der Waals surface area contributed by atoms with Gasteiger partial charge in [0.1, 0.15) is 0 Å². The minimum atomic E-state index is -0.129. The molecule has 0 atom stereocenters. The fourth-order valence-corrected chi connectivity index (χ4v) is 3.99. The maximum absolute atomic E-state index is 12.4. The number of imidazole rings is 1. The van der Waals surface area contributed by atoms with Crippen molar-refractivity contribution in [2.45, 2.75) is 32.7 Å². The molecule has 0 radical (unpaired) electrons. The predicted octanol–water partition coefficient (Wildman–Crippen LogP) is 4.38. The van der Waals surface area contributed by atoms with Crippen LogP contribution in [0.4, 0.5) is 5.82 Å². The highest BCUT2D eigenvalue weighted by Crippen LogP contribution is 2.28. The standard InChI is InChI=1S/C28H30N6O2/c1-17(2)14-30-25-26-31-15-24(19-6-10-21(11-7-19)28(36)32-22-12-13-22)34(26)16-23(33-25)18-4-8-20(9-5-18)27(35)29-3/h4-11,15-17,22H,12-14H2,1-3H3,(H,29,35)(H,30,33)(H,32,36). The highest BCUT2D eigenvalue weighted by Gasteiger charge is 2.24. The van der Waals surface area contributed by atoms with E-state index in [2.05, 4.69) is 34.8 Å². The third-order valence-electron chi connectivity index (χ3n) is 6.20. The number of fused-ring (bicyclic) bond motifs is 1. The molecule has 8 heteroatoms. The third kappa shape index (κ3) is 4.93. The van der Waals surface area contributed by atoms with Crippen LogP contribution >= 0.6 is 0 Å². The molecule has 1 fully saturated rings. The van der Waals surface area contributed by atoms with Crippen LogP contribution in [0.3, 0.4) is 0 Å². The predicted molar refractivity (Wildman–Crippen MR) is 141 cm³/mol. The maximum Gasteiger partial charge on any atom is 0.251 e. The lowest BCUT2D eigenvalue weighted by Gasteiger charge is -2.13. The van der Waals surface area contributed by atoms with Gasteiger partial charge in [-0.2, -0.15) is 0 Å². The van der Waals surface area contributed by atoms with Crippen LogP contribution in [0.25, 0.3) is 28.2 Å². The molecule has 1 aliphatic carbocycles. The summed E-state index contributed by atoms with van der Waals surface area (Å²) in [5.74, 6) is 0.971. The number of benzene rings is 2. The molecule has 1 saturated carbocycles. The molecule has 36 heavy (non-hydrogen) atoms. The molecule has 0 bridgehead atoms. The molecule has 0 aliphatic heterocycles. The Kier molecular flexibility index (Phi) is 6.41. The van der Waals surface area contributed by atoms with E-state index in [1.165, 1.54) is 0 Å². The third-order valence-corrected chi connectivity index (χ3v) is 6.20. The Morgan fingerprint density at radius 3 is 2.22 bits per heavy atom. The number of anilines is 1. The van der Waals surface area contributed by atoms with Crippen LogP contribution in [0.5, 0.6) is 0 Å². The second-order valence-corrected chi connectivity index (χ2v) is 9.57. The normalized spacial score (nSPS) is 13.1. The lowest BCUT2D eigenvalue weighted by Crippen LogP contribution is -2.25. The van der Waals surface area contributed by atoms with Crippen molar-refractivity contribution in [1.82, 2.24) is 25.0 Å². The molecule has 0 saturated heterocycles. The van der Waals surface area contributed by atoms with Crippen LogP contribution in [-0.4, -0.2) is 45.8 Å². The molecule has 0 unspecified atom stereocenters. The SMILES string of the molecule is CNC(=O)c1ccc(-c2cn3c(-c4ccc(C(=O)NC5CC5)cc4)cnc3c(NCC(C)C)n2)cc1. The summed E-state index contributed by atoms with van der Waals surface area (Å²) < 4.78 is 2.02. The van der Waals surface area contributed by atoms with E-state index in [1.807, 2.05) is 53.2 Å². The first kappa shape index (κ1) is 23.5. The van der Waals surface area contributed by atoms with E-state index in [4.69, 9.17) is 4.98 Å². The molecule has 2 amide bonds. The van der Waals surface area contributed by atoms with Gasteiger partial charge in [-0.1, -0.05) is 38.1 Å². The average molecular weight is 483 g/mol. The first-order valence-corrected chi connectivity index (χ1v) is 12.3. The number of amides is 2. The molecule has 184 valence electrons. The summed E-state index contributed by atoms with van der Waals surface area (Å²) in [7, 11) is 1.62. The van der Waals surface area contributed by atoms with Gasteiger partial charge in [-0.15, -0.1) is 0 Å². The van der Waals surface area contributed by atoms with Gasteiger partial charge < -0.3 is 16.0 Å². The largest absolute Gasteiger partial charge is 0.367 e.